The molecule has 0 spiro atoms. The van der Waals surface area contributed by atoms with E-state index in [1.54, 1.807) is 24.7 Å². The number of carbonyl (C=O) groups excluding carboxylic acids is 1. The molecule has 8 heteroatoms. The molecule has 2 aromatic heterocycles. The van der Waals surface area contributed by atoms with Crippen molar-refractivity contribution in [3.8, 4) is 0 Å². The van der Waals surface area contributed by atoms with Crippen LogP contribution in [0.1, 0.15) is 47.3 Å². The van der Waals surface area contributed by atoms with Crippen LogP contribution in [0.25, 0.3) is 0 Å². The maximum Gasteiger partial charge on any atom is 0.259 e. The van der Waals surface area contributed by atoms with Crippen LogP contribution < -0.4 is 0 Å². The Balaban J connectivity index is 1.88. The average molecular weight is 380 g/mol. The number of nitrogens with zero attached hydrogens (tertiary/aromatic N) is 5. The van der Waals surface area contributed by atoms with Gasteiger partial charge in [0.2, 0.25) is 0 Å². The first-order chi connectivity index (χ1) is 12.4. The highest BCUT2D eigenvalue weighted by Gasteiger charge is 2.30. The Labute approximate surface area is 158 Å². The molecule has 1 amide bonds. The zero-order chi connectivity index (χ0) is 18.8. The van der Waals surface area contributed by atoms with Gasteiger partial charge in [0, 0.05) is 25.8 Å². The first-order valence-corrected chi connectivity index (χ1v) is 9.42. The number of halogens is 1. The third-order valence-electron chi connectivity index (χ3n) is 5.07. The van der Waals surface area contributed by atoms with Gasteiger partial charge >= 0.3 is 0 Å². The summed E-state index contributed by atoms with van der Waals surface area (Å²) in [4.78, 5) is 17.5. The fraction of sp³-hybridized carbons (Fsp3) is 0.611. The highest BCUT2D eigenvalue weighted by Crippen LogP contribution is 2.23. The van der Waals surface area contributed by atoms with Gasteiger partial charge < -0.3 is 9.42 Å². The van der Waals surface area contributed by atoms with Crippen LogP contribution in [-0.4, -0.2) is 56.3 Å². The van der Waals surface area contributed by atoms with Gasteiger partial charge in [-0.15, -0.1) is 0 Å². The molecular formula is C18H26ClN5O2. The van der Waals surface area contributed by atoms with Crippen molar-refractivity contribution in [3.05, 3.63) is 33.9 Å². The van der Waals surface area contributed by atoms with E-state index in [9.17, 15) is 4.79 Å². The van der Waals surface area contributed by atoms with Gasteiger partial charge in [0.1, 0.15) is 17.0 Å². The second-order valence-electron chi connectivity index (χ2n) is 6.91. The monoisotopic (exact) mass is 379 g/mol. The molecule has 0 bridgehead atoms. The van der Waals surface area contributed by atoms with E-state index in [2.05, 4.69) is 22.1 Å². The van der Waals surface area contributed by atoms with Gasteiger partial charge in [-0.25, -0.2) is 0 Å². The van der Waals surface area contributed by atoms with E-state index >= 15 is 0 Å². The lowest BCUT2D eigenvalue weighted by atomic mass is 10.1. The van der Waals surface area contributed by atoms with E-state index < -0.39 is 0 Å². The van der Waals surface area contributed by atoms with Crippen molar-refractivity contribution in [2.45, 2.75) is 46.2 Å². The van der Waals surface area contributed by atoms with Gasteiger partial charge in [0.25, 0.3) is 5.91 Å². The second kappa shape index (κ2) is 7.80. The molecule has 1 saturated heterocycles. The first-order valence-electron chi connectivity index (χ1n) is 9.04. The van der Waals surface area contributed by atoms with E-state index in [4.69, 9.17) is 16.1 Å². The van der Waals surface area contributed by atoms with Crippen molar-refractivity contribution < 1.29 is 9.32 Å². The number of rotatable bonds is 6. The molecule has 142 valence electrons. The number of aromatic nitrogens is 3. The molecule has 1 fully saturated rings. The van der Waals surface area contributed by atoms with Crippen molar-refractivity contribution in [3.63, 3.8) is 0 Å². The van der Waals surface area contributed by atoms with Crippen LogP contribution in [0.2, 0.25) is 5.02 Å². The molecule has 0 saturated carbocycles. The van der Waals surface area contributed by atoms with Gasteiger partial charge in [-0.2, -0.15) is 5.10 Å². The van der Waals surface area contributed by atoms with Crippen LogP contribution in [-0.2, 0) is 13.6 Å². The molecule has 3 heterocycles. The summed E-state index contributed by atoms with van der Waals surface area (Å²) in [5.74, 6) is 0.467. The van der Waals surface area contributed by atoms with E-state index in [-0.39, 0.29) is 5.91 Å². The van der Waals surface area contributed by atoms with Gasteiger partial charge in [0.05, 0.1) is 17.3 Å². The van der Waals surface area contributed by atoms with Crippen LogP contribution in [0.3, 0.4) is 0 Å². The predicted octanol–water partition coefficient (Wildman–Crippen LogP) is 2.81. The van der Waals surface area contributed by atoms with Crippen molar-refractivity contribution in [2.75, 3.05) is 19.6 Å². The fourth-order valence-electron chi connectivity index (χ4n) is 3.73. The van der Waals surface area contributed by atoms with Crippen molar-refractivity contribution in [1.29, 1.82) is 0 Å². The lowest BCUT2D eigenvalue weighted by Crippen LogP contribution is -2.43. The van der Waals surface area contributed by atoms with Crippen LogP contribution >= 0.6 is 11.6 Å². The van der Waals surface area contributed by atoms with Crippen LogP contribution in [0, 0.1) is 13.8 Å². The fourth-order valence-corrected chi connectivity index (χ4v) is 3.97. The molecule has 1 aliphatic heterocycles. The molecule has 0 aliphatic carbocycles. The summed E-state index contributed by atoms with van der Waals surface area (Å²) in [6.07, 6.45) is 4.01. The lowest BCUT2D eigenvalue weighted by Gasteiger charge is -2.30. The summed E-state index contributed by atoms with van der Waals surface area (Å²) in [5.41, 5.74) is 1.86. The summed E-state index contributed by atoms with van der Waals surface area (Å²) in [6.45, 7) is 8.81. The minimum atomic E-state index is -0.0778. The number of hydrogen-bond acceptors (Lipinski definition) is 5. The Morgan fingerprint density at radius 1 is 1.46 bits per heavy atom. The van der Waals surface area contributed by atoms with E-state index in [1.807, 2.05) is 11.9 Å². The normalized spacial score (nSPS) is 17.8. The van der Waals surface area contributed by atoms with E-state index in [1.165, 1.54) is 0 Å². The molecule has 0 unspecified atom stereocenters. The summed E-state index contributed by atoms with van der Waals surface area (Å²) < 4.78 is 6.87. The van der Waals surface area contributed by atoms with Gasteiger partial charge in [0.15, 0.2) is 0 Å². The minimum absolute atomic E-state index is 0.0778. The Morgan fingerprint density at radius 3 is 2.81 bits per heavy atom. The van der Waals surface area contributed by atoms with Crippen LogP contribution in [0.4, 0.5) is 0 Å². The predicted molar refractivity (Wildman–Crippen MR) is 99.2 cm³/mol. The Morgan fingerprint density at radius 2 is 2.23 bits per heavy atom. The molecule has 3 rings (SSSR count). The molecule has 0 aromatic carbocycles. The third kappa shape index (κ3) is 3.78. The van der Waals surface area contributed by atoms with Gasteiger partial charge in [-0.05, 0) is 39.8 Å². The largest absolute Gasteiger partial charge is 0.361 e. The summed E-state index contributed by atoms with van der Waals surface area (Å²) in [7, 11) is 1.83. The van der Waals surface area contributed by atoms with Crippen molar-refractivity contribution >= 4 is 17.5 Å². The summed E-state index contributed by atoms with van der Waals surface area (Å²) in [6, 6.07) is 0.354. The summed E-state index contributed by atoms with van der Waals surface area (Å²) >= 11 is 6.29. The molecule has 2 aromatic rings. The number of likely N-dealkylation sites (N-methyl/N-ethyl adjacent to an activating group) is 1. The number of hydrogen-bond donors (Lipinski definition) is 0. The molecule has 0 N–H and O–H groups in total. The number of carbonyl (C=O) groups is 1. The van der Waals surface area contributed by atoms with Crippen molar-refractivity contribution in [1.82, 2.24) is 24.7 Å². The minimum Gasteiger partial charge on any atom is -0.361 e. The standard InChI is InChI=1S/C18H26ClN5O2/c1-5-23-8-6-7-14(23)9-24(11-16-15(19)10-22(4)20-16)18(25)17-12(2)21-26-13(17)3/h10,14H,5-9,11H2,1-4H3/t14-/m1/s1. The van der Waals surface area contributed by atoms with Crippen LogP contribution in [0.5, 0.6) is 0 Å². The number of amides is 1. The topological polar surface area (TPSA) is 67.4 Å². The molecular weight excluding hydrogens is 354 g/mol. The third-order valence-corrected chi connectivity index (χ3v) is 5.38. The number of aryl methyl sites for hydroxylation is 3. The second-order valence-corrected chi connectivity index (χ2v) is 7.31. The van der Waals surface area contributed by atoms with Gasteiger partial charge in [-0.1, -0.05) is 23.7 Å². The maximum atomic E-state index is 13.3. The highest BCUT2D eigenvalue weighted by molar-refractivity contribution is 6.31. The van der Waals surface area contributed by atoms with E-state index in [0.29, 0.717) is 46.9 Å². The van der Waals surface area contributed by atoms with Gasteiger partial charge in [-0.3, -0.25) is 14.4 Å². The quantitative estimate of drug-likeness (QED) is 0.772. The zero-order valence-electron chi connectivity index (χ0n) is 15.8. The Bertz CT molecular complexity index is 765. The molecule has 1 atom stereocenters. The highest BCUT2D eigenvalue weighted by atomic mass is 35.5. The SMILES string of the molecule is CCN1CCC[C@@H]1CN(Cc1nn(C)cc1Cl)C(=O)c1c(C)noc1C. The lowest BCUT2D eigenvalue weighted by molar-refractivity contribution is 0.0687. The van der Waals surface area contributed by atoms with Crippen molar-refractivity contribution in [2.24, 2.45) is 7.05 Å². The molecule has 7 nitrogen and oxygen atoms in total. The smallest absolute Gasteiger partial charge is 0.259 e. The maximum absolute atomic E-state index is 13.3. The first kappa shape index (κ1) is 18.9. The Kier molecular flexibility index (Phi) is 5.67. The number of likely N-dealkylation sites (tertiary alicyclic amines) is 1. The Hall–Kier alpha value is -1.86. The molecule has 26 heavy (non-hydrogen) atoms. The van der Waals surface area contributed by atoms with Crippen LogP contribution in [0.15, 0.2) is 10.7 Å². The molecule has 0 radical (unpaired) electrons. The molecule has 1 aliphatic rings. The summed E-state index contributed by atoms with van der Waals surface area (Å²) in [5, 5.41) is 8.92. The average Bonchev–Trinajstić information content (AvgIpc) is 3.26. The zero-order valence-corrected chi connectivity index (χ0v) is 16.6. The van der Waals surface area contributed by atoms with E-state index in [0.717, 1.165) is 25.9 Å².